The first-order chi connectivity index (χ1) is 8.13. The van der Waals surface area contributed by atoms with Crippen LogP contribution in [0.3, 0.4) is 0 Å². The van der Waals surface area contributed by atoms with Crippen LogP contribution in [0, 0.1) is 0 Å². The highest BCUT2D eigenvalue weighted by Crippen LogP contribution is 2.18. The third-order valence-electron chi connectivity index (χ3n) is 2.72. The van der Waals surface area contributed by atoms with Crippen LogP contribution < -0.4 is 5.32 Å². The average molecular weight is 297 g/mol. The molecule has 0 bridgehead atoms. The molecule has 1 aliphatic rings. The molecule has 1 fully saturated rings. The molecule has 17 heavy (non-hydrogen) atoms. The first-order valence-corrected chi connectivity index (χ1v) is 6.65. The Bertz CT molecular complexity index is 387. The normalized spacial score (nSPS) is 15.0. The smallest absolute Gasteiger partial charge is 0.234 e. The molecule has 3 nitrogen and oxygen atoms in total. The van der Waals surface area contributed by atoms with Crippen LogP contribution in [0.1, 0.15) is 18.4 Å². The fourth-order valence-electron chi connectivity index (χ4n) is 1.70. The predicted octanol–water partition coefficient (Wildman–Crippen LogP) is 2.16. The number of halogens is 1. The highest BCUT2D eigenvalue weighted by Gasteiger charge is 2.23. The van der Waals surface area contributed by atoms with Gasteiger partial charge in [0.1, 0.15) is 0 Å². The zero-order chi connectivity index (χ0) is 12.3. The number of amides is 1. The number of rotatable bonds is 5. The summed E-state index contributed by atoms with van der Waals surface area (Å²) in [5, 5.41) is 2.99. The lowest BCUT2D eigenvalue weighted by molar-refractivity contribution is -0.122. The Kier molecular flexibility index (Phi) is 4.18. The van der Waals surface area contributed by atoms with Gasteiger partial charge in [-0.15, -0.1) is 0 Å². The summed E-state index contributed by atoms with van der Waals surface area (Å²) in [5.74, 6) is 0.132. The summed E-state index contributed by atoms with van der Waals surface area (Å²) in [7, 11) is 1.97. The van der Waals surface area contributed by atoms with Gasteiger partial charge in [-0.1, -0.05) is 28.1 Å². The molecule has 0 spiro atoms. The third-order valence-corrected chi connectivity index (χ3v) is 3.25. The number of likely N-dealkylation sites (N-methyl/N-ethyl adjacent to an activating group) is 1. The van der Waals surface area contributed by atoms with Crippen LogP contribution in [-0.4, -0.2) is 30.4 Å². The van der Waals surface area contributed by atoms with Crippen LogP contribution in [0.25, 0.3) is 0 Å². The van der Waals surface area contributed by atoms with E-state index in [1.54, 1.807) is 0 Å². The van der Waals surface area contributed by atoms with Gasteiger partial charge >= 0.3 is 0 Å². The monoisotopic (exact) mass is 296 g/mol. The van der Waals surface area contributed by atoms with Crippen molar-refractivity contribution < 1.29 is 4.79 Å². The van der Waals surface area contributed by atoms with Gasteiger partial charge in [0, 0.05) is 17.1 Å². The van der Waals surface area contributed by atoms with Crippen molar-refractivity contribution >= 4 is 21.8 Å². The van der Waals surface area contributed by atoms with Gasteiger partial charge in [0.2, 0.25) is 5.91 Å². The van der Waals surface area contributed by atoms with Gasteiger partial charge in [-0.3, -0.25) is 9.69 Å². The fraction of sp³-hybridized carbons (Fsp3) is 0.462. The zero-order valence-electron chi connectivity index (χ0n) is 9.95. The summed E-state index contributed by atoms with van der Waals surface area (Å²) in [6.45, 7) is 1.26. The quantitative estimate of drug-likeness (QED) is 0.903. The Hall–Kier alpha value is -0.870. The average Bonchev–Trinajstić information content (AvgIpc) is 3.05. The van der Waals surface area contributed by atoms with E-state index in [9.17, 15) is 4.79 Å². The van der Waals surface area contributed by atoms with Gasteiger partial charge in [0.25, 0.3) is 0 Å². The number of benzene rings is 1. The second-order valence-corrected chi connectivity index (χ2v) is 5.56. The molecule has 1 aromatic rings. The molecule has 0 aliphatic heterocycles. The molecule has 92 valence electrons. The minimum Gasteiger partial charge on any atom is -0.352 e. The van der Waals surface area contributed by atoms with E-state index in [-0.39, 0.29) is 5.91 Å². The SMILES string of the molecule is CN(CC(=O)NC1CC1)Cc1ccc(Br)cc1. The summed E-state index contributed by atoms with van der Waals surface area (Å²) in [5.41, 5.74) is 1.22. The van der Waals surface area contributed by atoms with Gasteiger partial charge in [-0.2, -0.15) is 0 Å². The van der Waals surface area contributed by atoms with E-state index < -0.39 is 0 Å². The summed E-state index contributed by atoms with van der Waals surface area (Å²) in [6.07, 6.45) is 2.28. The van der Waals surface area contributed by atoms with Gasteiger partial charge in [0.05, 0.1) is 6.54 Å². The minimum atomic E-state index is 0.132. The van der Waals surface area contributed by atoms with Crippen molar-refractivity contribution in [2.75, 3.05) is 13.6 Å². The lowest BCUT2D eigenvalue weighted by Gasteiger charge is -2.16. The Morgan fingerprint density at radius 1 is 1.41 bits per heavy atom. The topological polar surface area (TPSA) is 32.3 Å². The summed E-state index contributed by atoms with van der Waals surface area (Å²) < 4.78 is 1.08. The molecule has 1 amide bonds. The number of carbonyl (C=O) groups is 1. The Morgan fingerprint density at radius 3 is 2.65 bits per heavy atom. The molecule has 0 radical (unpaired) electrons. The number of hydrogen-bond acceptors (Lipinski definition) is 2. The largest absolute Gasteiger partial charge is 0.352 e. The summed E-state index contributed by atoms with van der Waals surface area (Å²) in [6, 6.07) is 8.63. The molecule has 0 heterocycles. The molecule has 1 aromatic carbocycles. The van der Waals surface area contributed by atoms with Crippen LogP contribution in [0.5, 0.6) is 0 Å². The molecule has 1 aliphatic carbocycles. The van der Waals surface area contributed by atoms with Crippen molar-refractivity contribution in [3.8, 4) is 0 Å². The number of hydrogen-bond donors (Lipinski definition) is 1. The van der Waals surface area contributed by atoms with Crippen LogP contribution in [0.2, 0.25) is 0 Å². The van der Waals surface area contributed by atoms with E-state index in [4.69, 9.17) is 0 Å². The maximum absolute atomic E-state index is 11.6. The van der Waals surface area contributed by atoms with E-state index in [0.717, 1.165) is 23.9 Å². The van der Waals surface area contributed by atoms with Crippen molar-refractivity contribution in [2.24, 2.45) is 0 Å². The molecular formula is C13H17BrN2O. The molecule has 4 heteroatoms. The van der Waals surface area contributed by atoms with E-state index in [2.05, 4.69) is 33.4 Å². The number of nitrogens with zero attached hydrogens (tertiary/aromatic N) is 1. The fourth-order valence-corrected chi connectivity index (χ4v) is 1.97. The van der Waals surface area contributed by atoms with Crippen molar-refractivity contribution in [1.29, 1.82) is 0 Å². The van der Waals surface area contributed by atoms with E-state index in [1.165, 1.54) is 5.56 Å². The maximum Gasteiger partial charge on any atom is 0.234 e. The molecule has 1 saturated carbocycles. The van der Waals surface area contributed by atoms with Crippen molar-refractivity contribution in [1.82, 2.24) is 10.2 Å². The highest BCUT2D eigenvalue weighted by atomic mass is 79.9. The minimum absolute atomic E-state index is 0.132. The second-order valence-electron chi connectivity index (χ2n) is 4.64. The Morgan fingerprint density at radius 2 is 2.06 bits per heavy atom. The van der Waals surface area contributed by atoms with Crippen molar-refractivity contribution in [2.45, 2.75) is 25.4 Å². The van der Waals surface area contributed by atoms with Crippen molar-refractivity contribution in [3.63, 3.8) is 0 Å². The molecule has 0 saturated heterocycles. The van der Waals surface area contributed by atoms with Crippen LogP contribution in [-0.2, 0) is 11.3 Å². The van der Waals surface area contributed by atoms with Crippen LogP contribution in [0.15, 0.2) is 28.7 Å². The first-order valence-electron chi connectivity index (χ1n) is 5.86. The highest BCUT2D eigenvalue weighted by molar-refractivity contribution is 9.10. The lowest BCUT2D eigenvalue weighted by atomic mass is 10.2. The Balaban J connectivity index is 1.77. The van der Waals surface area contributed by atoms with E-state index >= 15 is 0 Å². The van der Waals surface area contributed by atoms with Gasteiger partial charge in [0.15, 0.2) is 0 Å². The molecular weight excluding hydrogens is 280 g/mol. The van der Waals surface area contributed by atoms with Gasteiger partial charge in [-0.25, -0.2) is 0 Å². The third kappa shape index (κ3) is 4.48. The maximum atomic E-state index is 11.6. The zero-order valence-corrected chi connectivity index (χ0v) is 11.5. The number of carbonyl (C=O) groups excluding carboxylic acids is 1. The molecule has 0 atom stereocenters. The van der Waals surface area contributed by atoms with Crippen LogP contribution in [0.4, 0.5) is 0 Å². The molecule has 0 unspecified atom stereocenters. The van der Waals surface area contributed by atoms with Gasteiger partial charge in [-0.05, 0) is 37.6 Å². The standard InChI is InChI=1S/C13H17BrN2O/c1-16(9-13(17)15-12-6-7-12)8-10-2-4-11(14)5-3-10/h2-5,12H,6-9H2,1H3,(H,15,17). The van der Waals surface area contributed by atoms with Crippen molar-refractivity contribution in [3.05, 3.63) is 34.3 Å². The van der Waals surface area contributed by atoms with E-state index in [1.807, 2.05) is 24.1 Å². The molecule has 1 N–H and O–H groups in total. The second kappa shape index (κ2) is 5.65. The summed E-state index contributed by atoms with van der Waals surface area (Å²) in [4.78, 5) is 13.6. The van der Waals surface area contributed by atoms with E-state index in [0.29, 0.717) is 12.6 Å². The number of nitrogens with one attached hydrogen (secondary N) is 1. The molecule has 2 rings (SSSR count). The van der Waals surface area contributed by atoms with Crippen LogP contribution >= 0.6 is 15.9 Å². The molecule has 0 aromatic heterocycles. The lowest BCUT2D eigenvalue weighted by Crippen LogP contribution is -2.35. The first kappa shape index (κ1) is 12.6. The van der Waals surface area contributed by atoms with Gasteiger partial charge < -0.3 is 5.32 Å². The Labute approximate surface area is 110 Å². The predicted molar refractivity (Wildman–Crippen MR) is 71.6 cm³/mol. The summed E-state index contributed by atoms with van der Waals surface area (Å²) >= 11 is 3.41.